The first kappa shape index (κ1) is 17.5. The van der Waals surface area contributed by atoms with Crippen molar-refractivity contribution < 1.29 is 18.5 Å². The van der Waals surface area contributed by atoms with E-state index in [0.717, 1.165) is 28.0 Å². The lowest BCUT2D eigenvalue weighted by Crippen LogP contribution is -2.24. The largest absolute Gasteiger partial charge is 0.497 e. The number of ether oxygens (including phenoxy) is 1. The number of amides is 1. The number of nitrogens with zero attached hydrogens (tertiary/aromatic N) is 3. The number of para-hydroxylation sites is 1. The lowest BCUT2D eigenvalue weighted by molar-refractivity contribution is -0.117. The van der Waals surface area contributed by atoms with E-state index in [-0.39, 0.29) is 11.8 Å². The summed E-state index contributed by atoms with van der Waals surface area (Å²) in [6, 6.07) is 15.2. The minimum absolute atomic E-state index is 0.0490. The smallest absolute Gasteiger partial charge is 0.238 e. The second kappa shape index (κ2) is 6.77. The van der Waals surface area contributed by atoms with Crippen molar-refractivity contribution >= 4 is 22.6 Å². The Hall–Kier alpha value is -3.61. The van der Waals surface area contributed by atoms with Gasteiger partial charge in [-0.3, -0.25) is 4.79 Å². The van der Waals surface area contributed by atoms with Crippen LogP contribution in [0.3, 0.4) is 0 Å². The first-order valence-corrected chi connectivity index (χ1v) is 9.40. The summed E-state index contributed by atoms with van der Waals surface area (Å²) >= 11 is 0. The third kappa shape index (κ3) is 2.95. The summed E-state index contributed by atoms with van der Waals surface area (Å²) < 4.78 is 16.8. The van der Waals surface area contributed by atoms with Gasteiger partial charge in [-0.2, -0.15) is 4.98 Å². The van der Waals surface area contributed by atoms with Crippen molar-refractivity contribution in [1.29, 1.82) is 0 Å². The number of furan rings is 1. The average molecular weight is 389 g/mol. The van der Waals surface area contributed by atoms with Crippen LogP contribution in [0.5, 0.6) is 5.75 Å². The SMILES string of the molecule is COc1ccc2oc(-c3noc(C4CC(=O)N(c5ccccc5)C4)n3)c(C)c2c1. The molecule has 146 valence electrons. The first-order chi connectivity index (χ1) is 14.1. The molecule has 7 heteroatoms. The van der Waals surface area contributed by atoms with E-state index in [1.54, 1.807) is 12.0 Å². The maximum absolute atomic E-state index is 12.5. The second-order valence-corrected chi connectivity index (χ2v) is 7.12. The van der Waals surface area contributed by atoms with Crippen molar-refractivity contribution in [2.45, 2.75) is 19.3 Å². The molecule has 3 heterocycles. The highest BCUT2D eigenvalue weighted by atomic mass is 16.5. The number of aryl methyl sites for hydroxylation is 1. The van der Waals surface area contributed by atoms with Crippen LogP contribution in [0.15, 0.2) is 57.5 Å². The normalized spacial score (nSPS) is 16.7. The van der Waals surface area contributed by atoms with Gasteiger partial charge in [0.2, 0.25) is 17.6 Å². The Morgan fingerprint density at radius 2 is 2.00 bits per heavy atom. The second-order valence-electron chi connectivity index (χ2n) is 7.12. The zero-order valence-corrected chi connectivity index (χ0v) is 16.1. The van der Waals surface area contributed by atoms with Gasteiger partial charge in [0.25, 0.3) is 0 Å². The van der Waals surface area contributed by atoms with Crippen molar-refractivity contribution in [3.8, 4) is 17.3 Å². The highest BCUT2D eigenvalue weighted by Gasteiger charge is 2.35. The number of aromatic nitrogens is 2. The Morgan fingerprint density at radius 1 is 1.17 bits per heavy atom. The molecule has 0 radical (unpaired) electrons. The summed E-state index contributed by atoms with van der Waals surface area (Å²) in [7, 11) is 1.63. The Labute approximate surface area is 166 Å². The standard InChI is InChI=1S/C22H19N3O4/c1-13-17-11-16(27-2)8-9-18(17)28-20(13)21-23-22(29-24-21)14-10-19(26)25(12-14)15-6-4-3-5-7-15/h3-9,11,14H,10,12H2,1-2H3. The van der Waals surface area contributed by atoms with Crippen molar-refractivity contribution in [3.63, 3.8) is 0 Å². The molecular weight excluding hydrogens is 370 g/mol. The predicted molar refractivity (Wildman–Crippen MR) is 107 cm³/mol. The molecule has 0 saturated carbocycles. The average Bonchev–Trinajstić information content (AvgIpc) is 3.46. The summed E-state index contributed by atoms with van der Waals surface area (Å²) in [5.74, 6) is 2.06. The third-order valence-corrected chi connectivity index (χ3v) is 5.33. The highest BCUT2D eigenvalue weighted by Crippen LogP contribution is 2.36. The molecule has 0 N–H and O–H groups in total. The molecule has 1 saturated heterocycles. The number of carbonyl (C=O) groups is 1. The Morgan fingerprint density at radius 3 is 2.79 bits per heavy atom. The Bertz CT molecular complexity index is 1200. The van der Waals surface area contributed by atoms with E-state index < -0.39 is 0 Å². The van der Waals surface area contributed by atoms with E-state index in [1.165, 1.54) is 0 Å². The topological polar surface area (TPSA) is 81.6 Å². The monoisotopic (exact) mass is 389 g/mol. The summed E-state index contributed by atoms with van der Waals surface area (Å²) in [4.78, 5) is 18.8. The number of rotatable bonds is 4. The number of hydrogen-bond acceptors (Lipinski definition) is 6. The zero-order valence-electron chi connectivity index (χ0n) is 16.1. The van der Waals surface area contributed by atoms with Crippen LogP contribution in [0.2, 0.25) is 0 Å². The van der Waals surface area contributed by atoms with Gasteiger partial charge in [-0.05, 0) is 37.3 Å². The lowest BCUT2D eigenvalue weighted by atomic mass is 10.1. The first-order valence-electron chi connectivity index (χ1n) is 9.40. The molecule has 0 spiro atoms. The van der Waals surface area contributed by atoms with Crippen LogP contribution in [-0.2, 0) is 4.79 Å². The van der Waals surface area contributed by atoms with Crippen LogP contribution in [0.1, 0.15) is 23.8 Å². The van der Waals surface area contributed by atoms with Gasteiger partial charge < -0.3 is 18.6 Å². The van der Waals surface area contributed by atoms with E-state index in [0.29, 0.717) is 30.4 Å². The maximum Gasteiger partial charge on any atom is 0.238 e. The minimum atomic E-state index is -0.145. The van der Waals surface area contributed by atoms with Crippen molar-refractivity contribution in [2.24, 2.45) is 0 Å². The molecule has 4 aromatic rings. The molecule has 0 bridgehead atoms. The van der Waals surface area contributed by atoms with Crippen LogP contribution < -0.4 is 9.64 Å². The van der Waals surface area contributed by atoms with E-state index in [2.05, 4.69) is 10.1 Å². The van der Waals surface area contributed by atoms with E-state index in [4.69, 9.17) is 13.7 Å². The molecule has 1 aliphatic heterocycles. The molecule has 29 heavy (non-hydrogen) atoms. The molecule has 1 atom stereocenters. The molecule has 1 aliphatic rings. The Balaban J connectivity index is 1.44. The summed E-state index contributed by atoms with van der Waals surface area (Å²) in [5.41, 5.74) is 2.53. The van der Waals surface area contributed by atoms with Crippen LogP contribution in [-0.4, -0.2) is 29.7 Å². The molecule has 0 aliphatic carbocycles. The fourth-order valence-electron chi connectivity index (χ4n) is 3.76. The summed E-state index contributed by atoms with van der Waals surface area (Å²) in [5, 5.41) is 5.05. The molecule has 7 nitrogen and oxygen atoms in total. The number of methoxy groups -OCH3 is 1. The molecule has 1 unspecified atom stereocenters. The number of anilines is 1. The Kier molecular flexibility index (Phi) is 4.08. The van der Waals surface area contributed by atoms with Gasteiger partial charge in [-0.15, -0.1) is 0 Å². The zero-order chi connectivity index (χ0) is 20.0. The van der Waals surface area contributed by atoms with E-state index in [1.807, 2.05) is 55.5 Å². The van der Waals surface area contributed by atoms with E-state index >= 15 is 0 Å². The third-order valence-electron chi connectivity index (χ3n) is 5.33. The number of benzene rings is 2. The maximum atomic E-state index is 12.5. The molecule has 5 rings (SSSR count). The van der Waals surface area contributed by atoms with Crippen molar-refractivity contribution in [2.75, 3.05) is 18.6 Å². The van der Waals surface area contributed by atoms with Gasteiger partial charge in [0.05, 0.1) is 13.0 Å². The van der Waals surface area contributed by atoms with Gasteiger partial charge in [0.1, 0.15) is 11.3 Å². The minimum Gasteiger partial charge on any atom is -0.497 e. The molecule has 1 amide bonds. The molecule has 2 aromatic heterocycles. The highest BCUT2D eigenvalue weighted by molar-refractivity contribution is 5.96. The van der Waals surface area contributed by atoms with Gasteiger partial charge in [-0.1, -0.05) is 23.4 Å². The summed E-state index contributed by atoms with van der Waals surface area (Å²) in [6.45, 7) is 2.47. The quantitative estimate of drug-likeness (QED) is 0.517. The van der Waals surface area contributed by atoms with Gasteiger partial charge in [-0.25, -0.2) is 0 Å². The van der Waals surface area contributed by atoms with Crippen LogP contribution in [0, 0.1) is 6.92 Å². The van der Waals surface area contributed by atoms with Crippen LogP contribution >= 0.6 is 0 Å². The lowest BCUT2D eigenvalue weighted by Gasteiger charge is -2.15. The number of hydrogen-bond donors (Lipinski definition) is 0. The van der Waals surface area contributed by atoms with Crippen LogP contribution in [0.4, 0.5) is 5.69 Å². The van der Waals surface area contributed by atoms with Crippen molar-refractivity contribution in [3.05, 3.63) is 60.0 Å². The molecule has 2 aromatic carbocycles. The fourth-order valence-corrected chi connectivity index (χ4v) is 3.76. The van der Waals surface area contributed by atoms with Crippen molar-refractivity contribution in [1.82, 2.24) is 10.1 Å². The van der Waals surface area contributed by atoms with Gasteiger partial charge in [0, 0.05) is 29.6 Å². The molecule has 1 fully saturated rings. The summed E-state index contributed by atoms with van der Waals surface area (Å²) in [6.07, 6.45) is 0.340. The van der Waals surface area contributed by atoms with Gasteiger partial charge in [0.15, 0.2) is 5.76 Å². The van der Waals surface area contributed by atoms with Gasteiger partial charge >= 0.3 is 0 Å². The molecular formula is C22H19N3O4. The number of fused-ring (bicyclic) bond motifs is 1. The van der Waals surface area contributed by atoms with E-state index in [9.17, 15) is 4.79 Å². The predicted octanol–water partition coefficient (Wildman–Crippen LogP) is 4.32. The fraction of sp³-hybridized carbons (Fsp3) is 0.227. The van der Waals surface area contributed by atoms with Crippen LogP contribution in [0.25, 0.3) is 22.6 Å². The number of carbonyl (C=O) groups excluding carboxylic acids is 1.